The van der Waals surface area contributed by atoms with Crippen molar-refractivity contribution in [2.24, 2.45) is 0 Å². The Morgan fingerprint density at radius 2 is 1.74 bits per heavy atom. The molecule has 2 aromatic rings. The summed E-state index contributed by atoms with van der Waals surface area (Å²) in [6.45, 7) is -0.591. The van der Waals surface area contributed by atoms with Gasteiger partial charge in [0.15, 0.2) is 0 Å². The van der Waals surface area contributed by atoms with Gasteiger partial charge in [0.05, 0.1) is 5.56 Å². The largest absolute Gasteiger partial charge is 0.478 e. The molecule has 0 atom stereocenters. The fraction of sp³-hybridized carbons (Fsp3) is 0.0714. The molecule has 9 heteroatoms. The highest BCUT2D eigenvalue weighted by Crippen LogP contribution is 2.17. The predicted octanol–water partition coefficient (Wildman–Crippen LogP) is 2.28. The average Bonchev–Trinajstić information content (AvgIpc) is 2.45. The number of hydrogen-bond donors (Lipinski definition) is 2. The fourth-order valence-electron chi connectivity index (χ4n) is 1.79. The summed E-state index contributed by atoms with van der Waals surface area (Å²) in [5, 5.41) is 8.82. The molecule has 0 bridgehead atoms. The van der Waals surface area contributed by atoms with Crippen molar-refractivity contribution in [3.63, 3.8) is 0 Å². The second kappa shape index (κ2) is 6.39. The Morgan fingerprint density at radius 3 is 2.35 bits per heavy atom. The number of hydrogen-bond acceptors (Lipinski definition) is 3. The third-order valence-corrected chi connectivity index (χ3v) is 4.36. The highest BCUT2D eigenvalue weighted by atomic mass is 32.2. The monoisotopic (exact) mass is 345 g/mol. The van der Waals surface area contributed by atoms with Crippen molar-refractivity contribution in [3.8, 4) is 0 Å². The second-order valence-electron chi connectivity index (χ2n) is 4.51. The summed E-state index contributed by atoms with van der Waals surface area (Å²) < 4.78 is 65.7. The second-order valence-corrected chi connectivity index (χ2v) is 6.25. The van der Waals surface area contributed by atoms with Gasteiger partial charge < -0.3 is 5.11 Å². The minimum Gasteiger partial charge on any atom is -0.478 e. The Balaban J connectivity index is 2.26. The summed E-state index contributed by atoms with van der Waals surface area (Å²) in [4.78, 5) is 10.0. The van der Waals surface area contributed by atoms with Crippen molar-refractivity contribution < 1.29 is 31.5 Å². The molecular formula is C14H10F3NO4S. The van der Waals surface area contributed by atoms with Gasteiger partial charge in [-0.15, -0.1) is 0 Å². The number of carboxylic acid groups (broad SMARTS) is 1. The summed E-state index contributed by atoms with van der Waals surface area (Å²) in [5.41, 5.74) is -0.454. The molecule has 0 amide bonds. The number of nitrogens with one attached hydrogen (secondary N) is 1. The molecule has 0 fully saturated rings. The summed E-state index contributed by atoms with van der Waals surface area (Å²) in [6, 6.07) is 4.77. The molecule has 122 valence electrons. The van der Waals surface area contributed by atoms with Gasteiger partial charge in [-0.05, 0) is 30.3 Å². The SMILES string of the molecule is O=C(O)c1ccc(F)c(CNS(=O)(=O)c2ccc(F)cc2F)c1. The van der Waals surface area contributed by atoms with Crippen LogP contribution in [0.5, 0.6) is 0 Å². The van der Waals surface area contributed by atoms with E-state index in [4.69, 9.17) is 5.11 Å². The van der Waals surface area contributed by atoms with Crippen LogP contribution in [0.3, 0.4) is 0 Å². The molecule has 0 aromatic heterocycles. The van der Waals surface area contributed by atoms with Crippen LogP contribution in [0.25, 0.3) is 0 Å². The lowest BCUT2D eigenvalue weighted by molar-refractivity contribution is 0.0696. The van der Waals surface area contributed by atoms with Gasteiger partial charge in [0.2, 0.25) is 10.0 Å². The van der Waals surface area contributed by atoms with Crippen LogP contribution in [0, 0.1) is 17.5 Å². The summed E-state index contributed by atoms with van der Waals surface area (Å²) in [7, 11) is -4.36. The summed E-state index contributed by atoms with van der Waals surface area (Å²) >= 11 is 0. The highest BCUT2D eigenvalue weighted by Gasteiger charge is 2.20. The Hall–Kier alpha value is -2.39. The van der Waals surface area contributed by atoms with Gasteiger partial charge in [0, 0.05) is 18.2 Å². The van der Waals surface area contributed by atoms with Crippen molar-refractivity contribution >= 4 is 16.0 Å². The quantitative estimate of drug-likeness (QED) is 0.871. The van der Waals surface area contributed by atoms with Gasteiger partial charge in [0.1, 0.15) is 22.3 Å². The van der Waals surface area contributed by atoms with Crippen molar-refractivity contribution in [1.29, 1.82) is 0 Å². The van der Waals surface area contributed by atoms with Crippen LogP contribution >= 0.6 is 0 Å². The maximum Gasteiger partial charge on any atom is 0.335 e. The topological polar surface area (TPSA) is 83.5 Å². The highest BCUT2D eigenvalue weighted by molar-refractivity contribution is 7.89. The van der Waals surface area contributed by atoms with E-state index in [1.165, 1.54) is 0 Å². The number of benzene rings is 2. The molecule has 23 heavy (non-hydrogen) atoms. The maximum atomic E-state index is 13.6. The molecule has 0 aliphatic rings. The van der Waals surface area contributed by atoms with E-state index in [-0.39, 0.29) is 11.1 Å². The fourth-order valence-corrected chi connectivity index (χ4v) is 2.85. The van der Waals surface area contributed by atoms with Gasteiger partial charge in [-0.3, -0.25) is 0 Å². The Labute approximate surface area is 129 Å². The first-order valence-corrected chi connectivity index (χ1v) is 7.65. The van der Waals surface area contributed by atoms with Crippen LogP contribution in [0.15, 0.2) is 41.3 Å². The Bertz CT molecular complexity index is 868. The molecule has 0 radical (unpaired) electrons. The molecule has 2 aromatic carbocycles. The number of carboxylic acids is 1. The van der Waals surface area contributed by atoms with Gasteiger partial charge >= 0.3 is 5.97 Å². The van der Waals surface area contributed by atoms with E-state index >= 15 is 0 Å². The number of sulfonamides is 1. The van der Waals surface area contributed by atoms with E-state index < -0.39 is 44.9 Å². The van der Waals surface area contributed by atoms with Gasteiger partial charge in [-0.25, -0.2) is 31.1 Å². The van der Waals surface area contributed by atoms with Crippen molar-refractivity contribution in [2.45, 2.75) is 11.4 Å². The zero-order valence-corrected chi connectivity index (χ0v) is 12.2. The van der Waals surface area contributed by atoms with Crippen LogP contribution in [-0.2, 0) is 16.6 Å². The Morgan fingerprint density at radius 1 is 1.04 bits per heavy atom. The zero-order chi connectivity index (χ0) is 17.2. The van der Waals surface area contributed by atoms with Crippen molar-refractivity contribution in [2.75, 3.05) is 0 Å². The number of rotatable bonds is 5. The molecule has 0 unspecified atom stereocenters. The zero-order valence-electron chi connectivity index (χ0n) is 11.4. The predicted molar refractivity (Wildman–Crippen MR) is 73.7 cm³/mol. The third-order valence-electron chi connectivity index (χ3n) is 2.93. The van der Waals surface area contributed by atoms with Crippen LogP contribution in [0.1, 0.15) is 15.9 Å². The van der Waals surface area contributed by atoms with Crippen LogP contribution < -0.4 is 4.72 Å². The molecule has 5 nitrogen and oxygen atoms in total. The lowest BCUT2D eigenvalue weighted by atomic mass is 10.1. The minimum absolute atomic E-state index is 0.226. The molecule has 0 heterocycles. The van der Waals surface area contributed by atoms with E-state index in [0.717, 1.165) is 30.3 Å². The molecule has 2 N–H and O–H groups in total. The molecule has 2 rings (SSSR count). The van der Waals surface area contributed by atoms with Gasteiger partial charge in [-0.2, -0.15) is 0 Å². The molecule has 0 aliphatic carbocycles. The lowest BCUT2D eigenvalue weighted by Crippen LogP contribution is -2.25. The molecule has 0 saturated heterocycles. The van der Waals surface area contributed by atoms with Crippen molar-refractivity contribution in [1.82, 2.24) is 4.72 Å². The normalized spacial score (nSPS) is 11.4. The first-order valence-electron chi connectivity index (χ1n) is 6.17. The lowest BCUT2D eigenvalue weighted by Gasteiger charge is -2.09. The first kappa shape index (κ1) is 17.0. The van der Waals surface area contributed by atoms with E-state index in [1.54, 1.807) is 0 Å². The standard InChI is InChI=1S/C14H10F3NO4S/c15-10-2-4-13(12(17)6-10)23(21,22)18-7-9-5-8(14(19)20)1-3-11(9)16/h1-6,18H,7H2,(H,19,20). The van der Waals surface area contributed by atoms with E-state index in [1.807, 2.05) is 4.72 Å². The maximum absolute atomic E-state index is 13.6. The van der Waals surface area contributed by atoms with E-state index in [9.17, 15) is 26.4 Å². The number of aromatic carboxylic acids is 1. The van der Waals surface area contributed by atoms with Crippen LogP contribution in [0.4, 0.5) is 13.2 Å². The molecule has 0 spiro atoms. The first-order chi connectivity index (χ1) is 10.7. The summed E-state index contributed by atoms with van der Waals surface area (Å²) in [5.74, 6) is -4.37. The van der Waals surface area contributed by atoms with E-state index in [2.05, 4.69) is 0 Å². The van der Waals surface area contributed by atoms with Crippen LogP contribution in [0.2, 0.25) is 0 Å². The molecule has 0 saturated carbocycles. The number of carbonyl (C=O) groups is 1. The molecular weight excluding hydrogens is 335 g/mol. The third kappa shape index (κ3) is 3.88. The average molecular weight is 345 g/mol. The smallest absolute Gasteiger partial charge is 0.335 e. The van der Waals surface area contributed by atoms with Crippen LogP contribution in [-0.4, -0.2) is 19.5 Å². The molecule has 0 aliphatic heterocycles. The summed E-state index contributed by atoms with van der Waals surface area (Å²) in [6.07, 6.45) is 0. The minimum atomic E-state index is -4.36. The Kier molecular flexibility index (Phi) is 4.71. The van der Waals surface area contributed by atoms with Gasteiger partial charge in [0.25, 0.3) is 0 Å². The van der Waals surface area contributed by atoms with Crippen molar-refractivity contribution in [3.05, 3.63) is 65.0 Å². The van der Waals surface area contributed by atoms with Gasteiger partial charge in [-0.1, -0.05) is 0 Å². The number of halogens is 3. The van der Waals surface area contributed by atoms with E-state index in [0.29, 0.717) is 6.07 Å².